The van der Waals surface area contributed by atoms with Gasteiger partial charge in [-0.05, 0) is 60.4 Å². The molecule has 29 heavy (non-hydrogen) atoms. The molecule has 152 valence electrons. The molecule has 6 nitrogen and oxygen atoms in total. The Bertz CT molecular complexity index is 860. The summed E-state index contributed by atoms with van der Waals surface area (Å²) in [5.41, 5.74) is 5.46. The highest BCUT2D eigenvalue weighted by Crippen LogP contribution is 2.25. The van der Waals surface area contributed by atoms with E-state index in [1.165, 1.54) is 5.56 Å². The third kappa shape index (κ3) is 5.44. The lowest BCUT2D eigenvalue weighted by atomic mass is 10.1. The van der Waals surface area contributed by atoms with Crippen molar-refractivity contribution >= 4 is 23.7 Å². The lowest BCUT2D eigenvalue weighted by Gasteiger charge is -2.16. The molecule has 0 aromatic heterocycles. The molecule has 2 amide bonds. The molecule has 1 aliphatic rings. The highest BCUT2D eigenvalue weighted by atomic mass is 16.5. The molecule has 1 N–H and O–H groups in total. The number of hydrazone groups is 1. The van der Waals surface area contributed by atoms with Gasteiger partial charge in [-0.15, -0.1) is 0 Å². The monoisotopic (exact) mass is 393 g/mol. The fraction of sp³-hybridized carbons (Fsp3) is 0.348. The zero-order chi connectivity index (χ0) is 20.6. The number of nitrogens with zero attached hydrogens (tertiary/aromatic N) is 2. The number of aryl methyl sites for hydroxylation is 1. The normalized spacial score (nSPS) is 16.4. The average Bonchev–Trinajstić information content (AvgIpc) is 3.15. The Morgan fingerprint density at radius 3 is 2.55 bits per heavy atom. The van der Waals surface area contributed by atoms with Crippen molar-refractivity contribution in [3.05, 3.63) is 59.7 Å². The second kappa shape index (κ2) is 9.87. The number of rotatable bonds is 8. The van der Waals surface area contributed by atoms with Crippen LogP contribution in [0.15, 0.2) is 53.6 Å². The molecule has 0 unspecified atom stereocenters. The Labute approximate surface area is 171 Å². The first kappa shape index (κ1) is 20.6. The fourth-order valence-electron chi connectivity index (χ4n) is 3.18. The van der Waals surface area contributed by atoms with Crippen LogP contribution in [0, 0.1) is 5.92 Å². The molecule has 0 aliphatic carbocycles. The maximum absolute atomic E-state index is 12.4. The first-order valence-electron chi connectivity index (χ1n) is 10.1. The number of nitrogens with one attached hydrogen (secondary N) is 1. The molecule has 0 bridgehead atoms. The Morgan fingerprint density at radius 1 is 1.17 bits per heavy atom. The van der Waals surface area contributed by atoms with Gasteiger partial charge in [-0.3, -0.25) is 9.59 Å². The minimum Gasteiger partial charge on any atom is -0.494 e. The molecule has 6 heteroatoms. The lowest BCUT2D eigenvalue weighted by molar-refractivity contribution is -0.126. The van der Waals surface area contributed by atoms with Gasteiger partial charge in [-0.25, -0.2) is 5.43 Å². The van der Waals surface area contributed by atoms with Crippen LogP contribution < -0.4 is 15.1 Å². The maximum atomic E-state index is 12.4. The van der Waals surface area contributed by atoms with Gasteiger partial charge >= 0.3 is 0 Å². The van der Waals surface area contributed by atoms with Gasteiger partial charge < -0.3 is 9.64 Å². The van der Waals surface area contributed by atoms with Crippen molar-refractivity contribution in [3.8, 4) is 5.75 Å². The van der Waals surface area contributed by atoms with E-state index in [0.717, 1.165) is 29.8 Å². The number of benzene rings is 2. The molecule has 1 fully saturated rings. The smallest absolute Gasteiger partial charge is 0.245 e. The number of hydrogen-bond donors (Lipinski definition) is 1. The van der Waals surface area contributed by atoms with E-state index in [1.807, 2.05) is 48.5 Å². The quantitative estimate of drug-likeness (QED) is 0.551. The van der Waals surface area contributed by atoms with Crippen LogP contribution in [0.2, 0.25) is 0 Å². The van der Waals surface area contributed by atoms with Crippen LogP contribution in [0.1, 0.15) is 37.8 Å². The molecule has 1 aliphatic heterocycles. The molecule has 0 spiro atoms. The SMILES string of the molecule is CCCOc1ccc(/C=N/NC(=O)[C@@H]2CC(=O)N(c3ccc(CC)cc3)C2)cc1. The van der Waals surface area contributed by atoms with Crippen molar-refractivity contribution in [2.45, 2.75) is 33.1 Å². The summed E-state index contributed by atoms with van der Waals surface area (Å²) in [7, 11) is 0. The largest absolute Gasteiger partial charge is 0.494 e. The van der Waals surface area contributed by atoms with Gasteiger partial charge in [0.25, 0.3) is 0 Å². The number of amides is 2. The summed E-state index contributed by atoms with van der Waals surface area (Å²) >= 11 is 0. The van der Waals surface area contributed by atoms with Crippen molar-refractivity contribution in [1.29, 1.82) is 0 Å². The van der Waals surface area contributed by atoms with Gasteiger partial charge in [-0.1, -0.05) is 26.0 Å². The van der Waals surface area contributed by atoms with Crippen LogP contribution in [-0.2, 0) is 16.0 Å². The van der Waals surface area contributed by atoms with E-state index in [0.29, 0.717) is 13.2 Å². The zero-order valence-corrected chi connectivity index (χ0v) is 16.9. The summed E-state index contributed by atoms with van der Waals surface area (Å²) in [6.07, 6.45) is 3.69. The van der Waals surface area contributed by atoms with E-state index >= 15 is 0 Å². The van der Waals surface area contributed by atoms with Crippen molar-refractivity contribution in [2.24, 2.45) is 11.0 Å². The van der Waals surface area contributed by atoms with Crippen LogP contribution in [-0.4, -0.2) is 31.2 Å². The van der Waals surface area contributed by atoms with Crippen molar-refractivity contribution in [1.82, 2.24) is 5.43 Å². The van der Waals surface area contributed by atoms with E-state index in [-0.39, 0.29) is 18.2 Å². The standard InChI is InChI=1S/C23H27N3O3/c1-3-13-29-21-11-7-18(8-12-21)15-24-25-23(28)19-14-22(27)26(16-19)20-9-5-17(4-2)6-10-20/h5-12,15,19H,3-4,13-14,16H2,1-2H3,(H,25,28)/b24-15+/t19-/m1/s1. The number of carbonyl (C=O) groups excluding carboxylic acids is 2. The first-order chi connectivity index (χ1) is 14.1. The third-order valence-corrected chi connectivity index (χ3v) is 4.89. The van der Waals surface area contributed by atoms with Crippen LogP contribution in [0.5, 0.6) is 5.75 Å². The Kier molecular flexibility index (Phi) is 7.00. The number of hydrogen-bond acceptors (Lipinski definition) is 4. The van der Waals surface area contributed by atoms with E-state index < -0.39 is 5.92 Å². The molecule has 3 rings (SSSR count). The molecule has 0 radical (unpaired) electrons. The third-order valence-electron chi connectivity index (χ3n) is 4.89. The summed E-state index contributed by atoms with van der Waals surface area (Å²) in [6.45, 7) is 5.20. The summed E-state index contributed by atoms with van der Waals surface area (Å²) in [5, 5.41) is 4.03. The van der Waals surface area contributed by atoms with Gasteiger partial charge in [0.15, 0.2) is 0 Å². The summed E-state index contributed by atoms with van der Waals surface area (Å²) < 4.78 is 5.54. The minimum atomic E-state index is -0.407. The van der Waals surface area contributed by atoms with Crippen molar-refractivity contribution in [3.63, 3.8) is 0 Å². The highest BCUT2D eigenvalue weighted by Gasteiger charge is 2.35. The number of anilines is 1. The number of ether oxygens (including phenoxy) is 1. The number of carbonyl (C=O) groups is 2. The van der Waals surface area contributed by atoms with E-state index in [9.17, 15) is 9.59 Å². The Morgan fingerprint density at radius 2 is 1.90 bits per heavy atom. The molecular formula is C23H27N3O3. The van der Waals surface area contributed by atoms with Gasteiger partial charge in [-0.2, -0.15) is 5.10 Å². The van der Waals surface area contributed by atoms with Crippen LogP contribution in [0.25, 0.3) is 0 Å². The van der Waals surface area contributed by atoms with Crippen molar-refractivity contribution in [2.75, 3.05) is 18.1 Å². The first-order valence-corrected chi connectivity index (χ1v) is 10.1. The predicted octanol–water partition coefficient (Wildman–Crippen LogP) is 3.54. The minimum absolute atomic E-state index is 0.0407. The summed E-state index contributed by atoms with van der Waals surface area (Å²) in [4.78, 5) is 26.4. The van der Waals surface area contributed by atoms with Gasteiger partial charge in [0.05, 0.1) is 18.7 Å². The second-order valence-electron chi connectivity index (χ2n) is 7.08. The van der Waals surface area contributed by atoms with E-state index in [2.05, 4.69) is 24.4 Å². The molecule has 0 saturated carbocycles. The molecule has 1 atom stereocenters. The van der Waals surface area contributed by atoms with Crippen LogP contribution in [0.4, 0.5) is 5.69 Å². The van der Waals surface area contributed by atoms with E-state index in [1.54, 1.807) is 11.1 Å². The molecule has 2 aromatic rings. The van der Waals surface area contributed by atoms with Crippen molar-refractivity contribution < 1.29 is 14.3 Å². The van der Waals surface area contributed by atoms with Gasteiger partial charge in [0, 0.05) is 18.7 Å². The second-order valence-corrected chi connectivity index (χ2v) is 7.08. The highest BCUT2D eigenvalue weighted by molar-refractivity contribution is 6.00. The molecular weight excluding hydrogens is 366 g/mol. The Hall–Kier alpha value is -3.15. The van der Waals surface area contributed by atoms with Crippen LogP contribution >= 0.6 is 0 Å². The predicted molar refractivity (Wildman–Crippen MR) is 114 cm³/mol. The molecule has 1 heterocycles. The molecule has 2 aromatic carbocycles. The topological polar surface area (TPSA) is 71.0 Å². The van der Waals surface area contributed by atoms with Gasteiger partial charge in [0.2, 0.25) is 11.8 Å². The maximum Gasteiger partial charge on any atom is 0.245 e. The van der Waals surface area contributed by atoms with Gasteiger partial charge in [0.1, 0.15) is 5.75 Å². The summed E-state index contributed by atoms with van der Waals surface area (Å²) in [6, 6.07) is 15.4. The van der Waals surface area contributed by atoms with E-state index in [4.69, 9.17) is 4.74 Å². The average molecular weight is 393 g/mol. The van der Waals surface area contributed by atoms with Crippen LogP contribution in [0.3, 0.4) is 0 Å². The zero-order valence-electron chi connectivity index (χ0n) is 16.9. The molecule has 1 saturated heterocycles. The fourth-order valence-corrected chi connectivity index (χ4v) is 3.18. The summed E-state index contributed by atoms with van der Waals surface area (Å²) in [5.74, 6) is 0.117. The lowest BCUT2D eigenvalue weighted by Crippen LogP contribution is -2.30. The Balaban J connectivity index is 1.53.